The summed E-state index contributed by atoms with van der Waals surface area (Å²) in [6, 6.07) is 17.1. The maximum atomic E-state index is 13.6. The van der Waals surface area contributed by atoms with Gasteiger partial charge in [0.25, 0.3) is 0 Å². The summed E-state index contributed by atoms with van der Waals surface area (Å²) < 4.78 is 13.6. The van der Waals surface area contributed by atoms with Crippen LogP contribution in [0.2, 0.25) is 0 Å². The summed E-state index contributed by atoms with van der Waals surface area (Å²) in [7, 11) is 0. The van der Waals surface area contributed by atoms with Crippen LogP contribution in [0.15, 0.2) is 54.6 Å². The van der Waals surface area contributed by atoms with E-state index in [0.717, 1.165) is 12.0 Å². The molecule has 0 amide bonds. The van der Waals surface area contributed by atoms with Gasteiger partial charge in [0, 0.05) is 5.88 Å². The minimum absolute atomic E-state index is 0.138. The van der Waals surface area contributed by atoms with E-state index in [-0.39, 0.29) is 11.7 Å². The molecule has 1 unspecified atom stereocenters. The van der Waals surface area contributed by atoms with Gasteiger partial charge in [-0.05, 0) is 36.0 Å². The third-order valence-electron chi connectivity index (χ3n) is 3.05. The quantitative estimate of drug-likeness (QED) is 0.698. The molecule has 2 heteroatoms. The molecule has 0 aliphatic carbocycles. The van der Waals surface area contributed by atoms with Crippen LogP contribution in [0.4, 0.5) is 4.39 Å². The smallest absolute Gasteiger partial charge is 0.126 e. The van der Waals surface area contributed by atoms with Gasteiger partial charge in [0.1, 0.15) is 5.82 Å². The monoisotopic (exact) mass is 262 g/mol. The lowest BCUT2D eigenvalue weighted by atomic mass is 9.94. The lowest BCUT2D eigenvalue weighted by molar-refractivity contribution is 0.546. The third-order valence-corrected chi connectivity index (χ3v) is 3.49. The Morgan fingerprint density at radius 1 is 0.889 bits per heavy atom. The molecule has 0 heterocycles. The van der Waals surface area contributed by atoms with Crippen molar-refractivity contribution in [1.29, 1.82) is 0 Å². The molecule has 0 bridgehead atoms. The molecule has 0 aliphatic rings. The van der Waals surface area contributed by atoms with E-state index in [0.29, 0.717) is 12.3 Å². The zero-order valence-corrected chi connectivity index (χ0v) is 10.9. The summed E-state index contributed by atoms with van der Waals surface area (Å²) in [6.07, 6.45) is 1.57. The second-order valence-electron chi connectivity index (χ2n) is 4.51. The van der Waals surface area contributed by atoms with Crippen LogP contribution in [0, 0.1) is 11.7 Å². The Balaban J connectivity index is 2.04. The number of benzene rings is 2. The zero-order chi connectivity index (χ0) is 12.8. The van der Waals surface area contributed by atoms with Gasteiger partial charge in [-0.2, -0.15) is 0 Å². The van der Waals surface area contributed by atoms with Gasteiger partial charge in [-0.1, -0.05) is 48.5 Å². The molecule has 94 valence electrons. The predicted molar refractivity (Wildman–Crippen MR) is 74.5 cm³/mol. The van der Waals surface area contributed by atoms with E-state index in [1.54, 1.807) is 6.07 Å². The van der Waals surface area contributed by atoms with Gasteiger partial charge in [-0.25, -0.2) is 4.39 Å². The van der Waals surface area contributed by atoms with Gasteiger partial charge in [-0.15, -0.1) is 11.6 Å². The molecule has 0 nitrogen and oxygen atoms in total. The lowest BCUT2D eigenvalue weighted by Gasteiger charge is -2.14. The molecule has 2 rings (SSSR count). The Morgan fingerprint density at radius 2 is 1.56 bits per heavy atom. The summed E-state index contributed by atoms with van der Waals surface area (Å²) in [4.78, 5) is 0. The Labute approximate surface area is 112 Å². The van der Waals surface area contributed by atoms with Gasteiger partial charge >= 0.3 is 0 Å². The highest BCUT2D eigenvalue weighted by molar-refractivity contribution is 6.18. The molecule has 0 saturated carbocycles. The molecular formula is C16H16ClF. The SMILES string of the molecule is Fc1ccccc1CC(CCl)Cc1ccccc1. The van der Waals surface area contributed by atoms with Crippen molar-refractivity contribution in [3.05, 3.63) is 71.5 Å². The number of hydrogen-bond acceptors (Lipinski definition) is 0. The molecule has 1 atom stereocenters. The molecule has 18 heavy (non-hydrogen) atoms. The van der Waals surface area contributed by atoms with Crippen LogP contribution in [0.25, 0.3) is 0 Å². The van der Waals surface area contributed by atoms with Crippen molar-refractivity contribution in [3.63, 3.8) is 0 Å². The number of alkyl halides is 1. The highest BCUT2D eigenvalue weighted by atomic mass is 35.5. The highest BCUT2D eigenvalue weighted by Crippen LogP contribution is 2.18. The second-order valence-corrected chi connectivity index (χ2v) is 4.81. The molecule has 0 aromatic heterocycles. The van der Waals surface area contributed by atoms with Crippen LogP contribution in [-0.4, -0.2) is 5.88 Å². The van der Waals surface area contributed by atoms with Crippen molar-refractivity contribution in [1.82, 2.24) is 0 Å². The predicted octanol–water partition coefficient (Wildman–Crippen LogP) is 4.47. The molecule has 0 N–H and O–H groups in total. The first-order valence-corrected chi connectivity index (χ1v) is 6.66. The maximum absolute atomic E-state index is 13.6. The second kappa shape index (κ2) is 6.55. The Hall–Kier alpha value is -1.34. The van der Waals surface area contributed by atoms with Crippen molar-refractivity contribution >= 4 is 11.6 Å². The van der Waals surface area contributed by atoms with E-state index in [1.807, 2.05) is 30.3 Å². The molecular weight excluding hydrogens is 247 g/mol. The molecule has 0 spiro atoms. The molecule has 2 aromatic carbocycles. The largest absolute Gasteiger partial charge is 0.207 e. The van der Waals surface area contributed by atoms with Crippen molar-refractivity contribution in [2.75, 3.05) is 5.88 Å². The van der Waals surface area contributed by atoms with Crippen LogP contribution in [0.1, 0.15) is 11.1 Å². The molecule has 2 aromatic rings. The van der Waals surface area contributed by atoms with Gasteiger partial charge in [0.2, 0.25) is 0 Å². The molecule has 0 radical (unpaired) electrons. The minimum Gasteiger partial charge on any atom is -0.207 e. The van der Waals surface area contributed by atoms with Gasteiger partial charge in [0.15, 0.2) is 0 Å². The third kappa shape index (κ3) is 3.58. The summed E-state index contributed by atoms with van der Waals surface area (Å²) >= 11 is 6.00. The fourth-order valence-corrected chi connectivity index (χ4v) is 2.32. The number of hydrogen-bond donors (Lipinski definition) is 0. The van der Waals surface area contributed by atoms with Crippen LogP contribution in [0.5, 0.6) is 0 Å². The summed E-state index contributed by atoms with van der Waals surface area (Å²) in [5, 5.41) is 0. The maximum Gasteiger partial charge on any atom is 0.126 e. The average molecular weight is 263 g/mol. The van der Waals surface area contributed by atoms with E-state index in [1.165, 1.54) is 11.6 Å². The normalized spacial score (nSPS) is 12.3. The molecule has 0 saturated heterocycles. The fourth-order valence-electron chi connectivity index (χ4n) is 2.10. The first-order chi connectivity index (χ1) is 8.79. The first-order valence-electron chi connectivity index (χ1n) is 6.13. The molecule has 0 aliphatic heterocycles. The summed E-state index contributed by atoms with van der Waals surface area (Å²) in [5.41, 5.74) is 2.00. The lowest BCUT2D eigenvalue weighted by Crippen LogP contribution is -2.11. The standard InChI is InChI=1S/C16H16ClF/c17-12-14(10-13-6-2-1-3-7-13)11-15-8-4-5-9-16(15)18/h1-9,14H,10-12H2. The van der Waals surface area contributed by atoms with Crippen molar-refractivity contribution in [2.24, 2.45) is 5.92 Å². The highest BCUT2D eigenvalue weighted by Gasteiger charge is 2.12. The summed E-state index contributed by atoms with van der Waals surface area (Å²) in [6.45, 7) is 0. The Kier molecular flexibility index (Phi) is 4.77. The van der Waals surface area contributed by atoms with E-state index < -0.39 is 0 Å². The van der Waals surface area contributed by atoms with Crippen LogP contribution < -0.4 is 0 Å². The fraction of sp³-hybridized carbons (Fsp3) is 0.250. The molecule has 0 fully saturated rings. The van der Waals surface area contributed by atoms with Crippen molar-refractivity contribution < 1.29 is 4.39 Å². The van der Waals surface area contributed by atoms with Crippen molar-refractivity contribution in [2.45, 2.75) is 12.8 Å². The van der Waals surface area contributed by atoms with E-state index in [2.05, 4.69) is 12.1 Å². The Morgan fingerprint density at radius 3 is 2.22 bits per heavy atom. The number of halogens is 2. The first kappa shape index (κ1) is 13.1. The van der Waals surface area contributed by atoms with E-state index in [9.17, 15) is 4.39 Å². The number of rotatable bonds is 5. The van der Waals surface area contributed by atoms with Crippen LogP contribution in [0.3, 0.4) is 0 Å². The summed E-state index contributed by atoms with van der Waals surface area (Å²) in [5.74, 6) is 0.676. The average Bonchev–Trinajstić information content (AvgIpc) is 2.41. The van der Waals surface area contributed by atoms with Gasteiger partial charge in [-0.3, -0.25) is 0 Å². The van der Waals surface area contributed by atoms with E-state index >= 15 is 0 Å². The topological polar surface area (TPSA) is 0 Å². The van der Waals surface area contributed by atoms with Crippen LogP contribution in [-0.2, 0) is 12.8 Å². The minimum atomic E-state index is -0.138. The van der Waals surface area contributed by atoms with Crippen LogP contribution >= 0.6 is 11.6 Å². The van der Waals surface area contributed by atoms with E-state index in [4.69, 9.17) is 11.6 Å². The zero-order valence-electron chi connectivity index (χ0n) is 10.2. The van der Waals surface area contributed by atoms with Gasteiger partial charge in [0.05, 0.1) is 0 Å². The van der Waals surface area contributed by atoms with Gasteiger partial charge < -0.3 is 0 Å². The Bertz CT molecular complexity index is 481. The van der Waals surface area contributed by atoms with Crippen molar-refractivity contribution in [3.8, 4) is 0 Å².